The van der Waals surface area contributed by atoms with Crippen LogP contribution in [0.2, 0.25) is 0 Å². The Balaban J connectivity index is 1.08. The number of carbonyl (C=O) groups is 1. The van der Waals surface area contributed by atoms with Crippen LogP contribution in [-0.4, -0.2) is 51.9 Å². The van der Waals surface area contributed by atoms with Gasteiger partial charge in [-0.25, -0.2) is 9.97 Å². The third-order valence-electron chi connectivity index (χ3n) is 7.98. The lowest BCUT2D eigenvalue weighted by Gasteiger charge is -2.47. The predicted molar refractivity (Wildman–Crippen MR) is 134 cm³/mol. The maximum atomic E-state index is 13.1. The van der Waals surface area contributed by atoms with E-state index in [4.69, 9.17) is 0 Å². The summed E-state index contributed by atoms with van der Waals surface area (Å²) < 4.78 is 1.19. The fourth-order valence-electron chi connectivity index (χ4n) is 5.84. The highest BCUT2D eigenvalue weighted by Gasteiger charge is 2.40. The quantitative estimate of drug-likeness (QED) is 0.441. The fourth-order valence-corrected chi connectivity index (χ4v) is 6.87. The van der Waals surface area contributed by atoms with Crippen molar-refractivity contribution in [1.82, 2.24) is 19.9 Å². The van der Waals surface area contributed by atoms with Crippen LogP contribution in [0.15, 0.2) is 48.9 Å². The molecule has 1 saturated carbocycles. The standard InChI is InChI=1S/C26H29N5OS/c1-30(24-20-8-13-27-23(20)28-17-29-24)19-6-9-26(10-7-19)11-14-31(15-12-26)25(32)22-16-18-4-2-3-5-21(18)33-22/h2-5,8,13,16-17,19H,6-7,9-12,14-15H2,1H3,(H,27,28,29). The zero-order chi connectivity index (χ0) is 22.4. The van der Waals surface area contributed by atoms with Gasteiger partial charge in [-0.1, -0.05) is 18.2 Å². The number of fused-ring (bicyclic) bond motifs is 2. The number of aromatic nitrogens is 3. The lowest BCUT2D eigenvalue weighted by molar-refractivity contribution is 0.0453. The monoisotopic (exact) mass is 459 g/mol. The van der Waals surface area contributed by atoms with Gasteiger partial charge in [-0.15, -0.1) is 11.3 Å². The molecular formula is C26H29N5OS. The molecule has 0 unspecified atom stereocenters. The number of nitrogens with zero attached hydrogens (tertiary/aromatic N) is 4. The minimum Gasteiger partial charge on any atom is -0.356 e. The van der Waals surface area contributed by atoms with Crippen molar-refractivity contribution in [1.29, 1.82) is 0 Å². The van der Waals surface area contributed by atoms with E-state index < -0.39 is 0 Å². The largest absolute Gasteiger partial charge is 0.356 e. The van der Waals surface area contributed by atoms with Crippen LogP contribution in [0.1, 0.15) is 48.2 Å². The molecule has 1 spiro atoms. The van der Waals surface area contributed by atoms with E-state index in [2.05, 4.69) is 56.1 Å². The first kappa shape index (κ1) is 20.7. The van der Waals surface area contributed by atoms with Crippen molar-refractivity contribution in [3.8, 4) is 0 Å². The molecule has 0 atom stereocenters. The van der Waals surface area contributed by atoms with Crippen LogP contribution in [0.5, 0.6) is 0 Å². The molecule has 1 amide bonds. The van der Waals surface area contributed by atoms with Crippen LogP contribution in [0.3, 0.4) is 0 Å². The number of nitrogens with one attached hydrogen (secondary N) is 1. The normalized spacial score (nSPS) is 18.9. The molecular weight excluding hydrogens is 430 g/mol. The van der Waals surface area contributed by atoms with Gasteiger partial charge in [0.2, 0.25) is 0 Å². The molecule has 1 saturated heterocycles. The Morgan fingerprint density at radius 1 is 1.12 bits per heavy atom. The van der Waals surface area contributed by atoms with E-state index in [1.165, 1.54) is 35.8 Å². The minimum atomic E-state index is 0.207. The fraction of sp³-hybridized carbons (Fsp3) is 0.423. The van der Waals surface area contributed by atoms with Gasteiger partial charge >= 0.3 is 0 Å². The zero-order valence-corrected chi connectivity index (χ0v) is 19.8. The summed E-state index contributed by atoms with van der Waals surface area (Å²) in [6.45, 7) is 1.76. The Hall–Kier alpha value is -2.93. The van der Waals surface area contributed by atoms with Gasteiger partial charge in [-0.05, 0) is 67.5 Å². The highest BCUT2D eigenvalue weighted by molar-refractivity contribution is 7.20. The summed E-state index contributed by atoms with van der Waals surface area (Å²) in [7, 11) is 2.17. The Labute approximate surface area is 197 Å². The van der Waals surface area contributed by atoms with Gasteiger partial charge in [0.05, 0.1) is 10.3 Å². The third-order valence-corrected chi connectivity index (χ3v) is 9.08. The summed E-state index contributed by atoms with van der Waals surface area (Å²) in [6.07, 6.45) is 10.6. The van der Waals surface area contributed by atoms with Crippen molar-refractivity contribution in [3.63, 3.8) is 0 Å². The number of hydrogen-bond acceptors (Lipinski definition) is 5. The molecule has 0 bridgehead atoms. The van der Waals surface area contributed by atoms with Crippen LogP contribution >= 0.6 is 11.3 Å². The molecule has 1 N–H and O–H groups in total. The van der Waals surface area contributed by atoms with E-state index in [1.807, 2.05) is 18.3 Å². The number of anilines is 1. The van der Waals surface area contributed by atoms with Crippen molar-refractivity contribution >= 4 is 44.2 Å². The molecule has 0 radical (unpaired) electrons. The molecule has 1 aromatic carbocycles. The van der Waals surface area contributed by atoms with Gasteiger partial charge in [0.1, 0.15) is 17.8 Å². The van der Waals surface area contributed by atoms with E-state index in [-0.39, 0.29) is 5.91 Å². The Morgan fingerprint density at radius 2 is 1.91 bits per heavy atom. The van der Waals surface area contributed by atoms with Gasteiger partial charge in [0.15, 0.2) is 0 Å². The van der Waals surface area contributed by atoms with Crippen LogP contribution in [-0.2, 0) is 0 Å². The number of rotatable bonds is 3. The van der Waals surface area contributed by atoms with Gasteiger partial charge in [0.25, 0.3) is 5.91 Å². The van der Waals surface area contributed by atoms with Gasteiger partial charge in [-0.3, -0.25) is 4.79 Å². The second-order valence-electron chi connectivity index (χ2n) is 9.72. The number of amides is 1. The van der Waals surface area contributed by atoms with Crippen LogP contribution in [0, 0.1) is 5.41 Å². The molecule has 3 aromatic heterocycles. The van der Waals surface area contributed by atoms with Crippen LogP contribution < -0.4 is 4.90 Å². The van der Waals surface area contributed by atoms with E-state index in [0.29, 0.717) is 11.5 Å². The SMILES string of the molecule is CN(c1ncnc2[nH]ccc12)C1CCC2(CC1)CCN(C(=O)c1cc3ccccc3s1)CC2. The van der Waals surface area contributed by atoms with E-state index in [0.717, 1.165) is 47.7 Å². The maximum Gasteiger partial charge on any atom is 0.263 e. The molecule has 1 aliphatic carbocycles. The van der Waals surface area contributed by atoms with E-state index in [1.54, 1.807) is 17.7 Å². The molecule has 2 aliphatic rings. The average molecular weight is 460 g/mol. The first-order valence-electron chi connectivity index (χ1n) is 11.9. The number of carbonyl (C=O) groups excluding carboxylic acids is 1. The molecule has 170 valence electrons. The molecule has 6 rings (SSSR count). The summed E-state index contributed by atoms with van der Waals surface area (Å²) in [5.74, 6) is 1.23. The van der Waals surface area contributed by atoms with Gasteiger partial charge in [0, 0.05) is 37.1 Å². The van der Waals surface area contributed by atoms with Crippen molar-refractivity contribution < 1.29 is 4.79 Å². The summed E-state index contributed by atoms with van der Waals surface area (Å²) in [6, 6.07) is 12.9. The highest BCUT2D eigenvalue weighted by Crippen LogP contribution is 2.46. The number of H-pyrrole nitrogens is 1. The number of hydrogen-bond donors (Lipinski definition) is 1. The summed E-state index contributed by atoms with van der Waals surface area (Å²) in [4.78, 5) is 30.5. The first-order valence-corrected chi connectivity index (χ1v) is 12.7. The number of piperidine rings is 1. The molecule has 2 fully saturated rings. The first-order chi connectivity index (χ1) is 16.1. The smallest absolute Gasteiger partial charge is 0.263 e. The summed E-state index contributed by atoms with van der Waals surface area (Å²) in [5, 5.41) is 2.26. The summed E-state index contributed by atoms with van der Waals surface area (Å²) >= 11 is 1.62. The Morgan fingerprint density at radius 3 is 2.70 bits per heavy atom. The summed E-state index contributed by atoms with van der Waals surface area (Å²) in [5.41, 5.74) is 1.29. The molecule has 4 heterocycles. The lowest BCUT2D eigenvalue weighted by Crippen LogP contribution is -2.46. The predicted octanol–water partition coefficient (Wildman–Crippen LogP) is 5.47. The van der Waals surface area contributed by atoms with Crippen molar-refractivity contribution in [3.05, 3.63) is 53.8 Å². The molecule has 1 aliphatic heterocycles. The topological polar surface area (TPSA) is 65.1 Å². The van der Waals surface area contributed by atoms with Crippen molar-refractivity contribution in [2.75, 3.05) is 25.0 Å². The van der Waals surface area contributed by atoms with E-state index in [9.17, 15) is 4.79 Å². The Kier molecular flexibility index (Phi) is 5.09. The second kappa shape index (κ2) is 8.13. The third kappa shape index (κ3) is 3.68. The van der Waals surface area contributed by atoms with Crippen LogP contribution in [0.4, 0.5) is 5.82 Å². The number of likely N-dealkylation sites (tertiary alicyclic amines) is 1. The van der Waals surface area contributed by atoms with Gasteiger partial charge in [-0.2, -0.15) is 0 Å². The van der Waals surface area contributed by atoms with E-state index >= 15 is 0 Å². The van der Waals surface area contributed by atoms with Gasteiger partial charge < -0.3 is 14.8 Å². The van der Waals surface area contributed by atoms with Crippen LogP contribution in [0.25, 0.3) is 21.1 Å². The molecule has 4 aromatic rings. The minimum absolute atomic E-state index is 0.207. The molecule has 7 heteroatoms. The Bertz CT molecular complexity index is 1260. The zero-order valence-electron chi connectivity index (χ0n) is 19.0. The second-order valence-corrected chi connectivity index (χ2v) is 10.8. The molecule has 6 nitrogen and oxygen atoms in total. The van der Waals surface area contributed by atoms with Crippen molar-refractivity contribution in [2.24, 2.45) is 5.41 Å². The number of benzene rings is 1. The highest BCUT2D eigenvalue weighted by atomic mass is 32.1. The average Bonchev–Trinajstić information content (AvgIpc) is 3.51. The number of aromatic amines is 1. The maximum absolute atomic E-state index is 13.1. The molecule has 33 heavy (non-hydrogen) atoms. The lowest BCUT2D eigenvalue weighted by atomic mass is 9.66. The number of thiophene rings is 1. The van der Waals surface area contributed by atoms with Crippen molar-refractivity contribution in [2.45, 2.75) is 44.6 Å².